The van der Waals surface area contributed by atoms with Gasteiger partial charge < -0.3 is 9.47 Å². The molecule has 0 aliphatic rings. The molecular weight excluding hydrogens is 717 g/mol. The maximum atomic E-state index is 4.89. The van der Waals surface area contributed by atoms with Crippen molar-refractivity contribution in [2.45, 2.75) is 0 Å². The second-order valence-corrected chi connectivity index (χ2v) is 14.9. The summed E-state index contributed by atoms with van der Waals surface area (Å²) in [6.45, 7) is 0. The fourth-order valence-corrected chi connectivity index (χ4v) is 8.53. The minimum absolute atomic E-state index is 1.04. The van der Waals surface area contributed by atoms with Gasteiger partial charge in [-0.25, -0.2) is 4.68 Å². The number of rotatable bonds is 8. The van der Waals surface area contributed by atoms with Crippen LogP contribution >= 0.6 is 0 Å². The molecule has 11 aromatic rings. The first-order valence-electron chi connectivity index (χ1n) is 20.0. The zero-order chi connectivity index (χ0) is 39.1. The van der Waals surface area contributed by atoms with Crippen molar-refractivity contribution in [1.82, 2.24) is 14.3 Å². The third-order valence-electron chi connectivity index (χ3n) is 11.4. The van der Waals surface area contributed by atoms with Crippen LogP contribution in [0.25, 0.3) is 77.5 Å². The molecule has 278 valence electrons. The summed E-state index contributed by atoms with van der Waals surface area (Å²) in [4.78, 5) is 2.34. The number of para-hydroxylation sites is 2. The number of hydrogen-bond donors (Lipinski definition) is 0. The molecule has 2 aromatic heterocycles. The van der Waals surface area contributed by atoms with Gasteiger partial charge in [-0.2, -0.15) is 5.10 Å². The summed E-state index contributed by atoms with van der Waals surface area (Å²) in [7, 11) is 0. The molecule has 9 aromatic carbocycles. The van der Waals surface area contributed by atoms with Crippen LogP contribution in [0.5, 0.6) is 0 Å². The molecule has 0 saturated heterocycles. The molecule has 0 saturated carbocycles. The SMILES string of the molecule is c1ccc(-c2ccc(N(c3ccc(-c4ccccc4)cc3)c3ccc(-c4ccc5c(c4)c4ccc6c(cnn6-c6ccccc6)c4n5-c4ccccc4)cc3)cc2)cc1. The minimum atomic E-state index is 1.04. The standard InChI is InChI=1S/C55H38N4/c1-5-13-39(14-6-1)41-21-28-46(29-22-41)57(47-30-23-42(24-31-47)40-15-7-2-8-16-40)48-32-25-43(26-33-48)44-27-35-53-51(37-44)50-34-36-54-52(38-56-59(54)49-19-11-4-12-20-49)55(50)58(53)45-17-9-3-10-18-45/h1-38H. The molecule has 0 unspecified atom stereocenters. The average molecular weight is 755 g/mol. The van der Waals surface area contributed by atoms with Gasteiger partial charge in [0, 0.05) is 38.9 Å². The molecule has 4 nitrogen and oxygen atoms in total. The lowest BCUT2D eigenvalue weighted by Gasteiger charge is -2.26. The van der Waals surface area contributed by atoms with E-state index in [9.17, 15) is 0 Å². The smallest absolute Gasteiger partial charge is 0.0762 e. The first-order chi connectivity index (χ1) is 29.3. The summed E-state index contributed by atoms with van der Waals surface area (Å²) in [6.07, 6.45) is 2.01. The fraction of sp³-hybridized carbons (Fsp3) is 0. The average Bonchev–Trinajstić information content (AvgIpc) is 3.90. The van der Waals surface area contributed by atoms with E-state index in [-0.39, 0.29) is 0 Å². The van der Waals surface area contributed by atoms with E-state index < -0.39 is 0 Å². The molecule has 0 radical (unpaired) electrons. The van der Waals surface area contributed by atoms with E-state index in [0.29, 0.717) is 0 Å². The number of nitrogens with zero attached hydrogens (tertiary/aromatic N) is 4. The van der Waals surface area contributed by atoms with Crippen molar-refractivity contribution in [2.24, 2.45) is 0 Å². The van der Waals surface area contributed by atoms with Gasteiger partial charge in [0.25, 0.3) is 0 Å². The quantitative estimate of drug-likeness (QED) is 0.154. The van der Waals surface area contributed by atoms with E-state index in [0.717, 1.165) is 55.9 Å². The van der Waals surface area contributed by atoms with Crippen LogP contribution in [-0.4, -0.2) is 14.3 Å². The summed E-state index contributed by atoms with van der Waals surface area (Å²) in [5.41, 5.74) is 16.0. The van der Waals surface area contributed by atoms with Crippen LogP contribution in [0.1, 0.15) is 0 Å². The number of hydrogen-bond acceptors (Lipinski definition) is 2. The maximum Gasteiger partial charge on any atom is 0.0762 e. The topological polar surface area (TPSA) is 26.0 Å². The zero-order valence-electron chi connectivity index (χ0n) is 32.2. The second-order valence-electron chi connectivity index (χ2n) is 14.9. The Morgan fingerprint density at radius 2 is 0.746 bits per heavy atom. The molecule has 0 bridgehead atoms. The lowest BCUT2D eigenvalue weighted by atomic mass is 10.0. The van der Waals surface area contributed by atoms with Gasteiger partial charge in [0.15, 0.2) is 0 Å². The van der Waals surface area contributed by atoms with Crippen LogP contribution in [-0.2, 0) is 0 Å². The van der Waals surface area contributed by atoms with E-state index in [1.54, 1.807) is 0 Å². The lowest BCUT2D eigenvalue weighted by molar-refractivity contribution is 0.911. The largest absolute Gasteiger partial charge is 0.311 e. The van der Waals surface area contributed by atoms with E-state index in [2.05, 4.69) is 228 Å². The number of fused-ring (bicyclic) bond motifs is 5. The van der Waals surface area contributed by atoms with Gasteiger partial charge >= 0.3 is 0 Å². The fourth-order valence-electron chi connectivity index (χ4n) is 8.53. The van der Waals surface area contributed by atoms with Gasteiger partial charge in [0.05, 0.1) is 28.4 Å². The Morgan fingerprint density at radius 3 is 1.27 bits per heavy atom. The van der Waals surface area contributed by atoms with Crippen molar-refractivity contribution < 1.29 is 0 Å². The Labute approximate surface area is 343 Å². The molecule has 11 rings (SSSR count). The Balaban J connectivity index is 1.00. The van der Waals surface area contributed by atoms with Crippen molar-refractivity contribution in [3.05, 3.63) is 231 Å². The summed E-state index contributed by atoms with van der Waals surface area (Å²) in [6, 6.07) is 80.2. The molecule has 4 heteroatoms. The first-order valence-corrected chi connectivity index (χ1v) is 20.0. The van der Waals surface area contributed by atoms with E-state index in [4.69, 9.17) is 5.10 Å². The summed E-state index contributed by atoms with van der Waals surface area (Å²) in [5, 5.41) is 8.41. The highest BCUT2D eigenvalue weighted by Crippen LogP contribution is 2.41. The maximum absolute atomic E-state index is 4.89. The Hall–Kier alpha value is -7.95. The molecule has 0 atom stereocenters. The van der Waals surface area contributed by atoms with Crippen LogP contribution < -0.4 is 4.90 Å². The van der Waals surface area contributed by atoms with E-state index in [1.165, 1.54) is 38.6 Å². The van der Waals surface area contributed by atoms with Crippen LogP contribution in [0.4, 0.5) is 17.1 Å². The summed E-state index contributed by atoms with van der Waals surface area (Å²) in [5.74, 6) is 0. The minimum Gasteiger partial charge on any atom is -0.311 e. The summed E-state index contributed by atoms with van der Waals surface area (Å²) >= 11 is 0. The Morgan fingerprint density at radius 1 is 0.322 bits per heavy atom. The third-order valence-corrected chi connectivity index (χ3v) is 11.4. The van der Waals surface area contributed by atoms with Crippen molar-refractivity contribution >= 4 is 49.8 Å². The van der Waals surface area contributed by atoms with E-state index >= 15 is 0 Å². The van der Waals surface area contributed by atoms with E-state index in [1.807, 2.05) is 16.9 Å². The van der Waals surface area contributed by atoms with Crippen molar-refractivity contribution in [1.29, 1.82) is 0 Å². The highest BCUT2D eigenvalue weighted by atomic mass is 15.3. The zero-order valence-corrected chi connectivity index (χ0v) is 32.2. The van der Waals surface area contributed by atoms with Crippen LogP contribution in [0, 0.1) is 0 Å². The van der Waals surface area contributed by atoms with Gasteiger partial charge in [0.2, 0.25) is 0 Å². The molecule has 0 spiro atoms. The van der Waals surface area contributed by atoms with Crippen LogP contribution in [0.3, 0.4) is 0 Å². The number of benzene rings is 9. The molecule has 0 N–H and O–H groups in total. The normalized spacial score (nSPS) is 11.4. The third kappa shape index (κ3) is 6.15. The molecular formula is C55H38N4. The van der Waals surface area contributed by atoms with Crippen molar-refractivity contribution in [2.75, 3.05) is 4.90 Å². The van der Waals surface area contributed by atoms with Gasteiger partial charge in [-0.15, -0.1) is 0 Å². The number of anilines is 3. The lowest BCUT2D eigenvalue weighted by Crippen LogP contribution is -2.09. The molecule has 2 heterocycles. The van der Waals surface area contributed by atoms with Gasteiger partial charge in [-0.05, 0) is 118 Å². The molecule has 0 amide bonds. The second kappa shape index (κ2) is 14.5. The summed E-state index contributed by atoms with van der Waals surface area (Å²) < 4.78 is 4.42. The molecule has 0 aliphatic heterocycles. The van der Waals surface area contributed by atoms with Gasteiger partial charge in [-0.3, -0.25) is 0 Å². The van der Waals surface area contributed by atoms with Gasteiger partial charge in [-0.1, -0.05) is 140 Å². The Bertz CT molecular complexity index is 3120. The first kappa shape index (κ1) is 34.3. The Kier molecular flexibility index (Phi) is 8.45. The van der Waals surface area contributed by atoms with Crippen molar-refractivity contribution in [3.63, 3.8) is 0 Å². The monoisotopic (exact) mass is 754 g/mol. The highest BCUT2D eigenvalue weighted by molar-refractivity contribution is 6.18. The van der Waals surface area contributed by atoms with Gasteiger partial charge in [0.1, 0.15) is 0 Å². The predicted molar refractivity (Wildman–Crippen MR) is 246 cm³/mol. The molecule has 0 fully saturated rings. The van der Waals surface area contributed by atoms with Crippen LogP contribution in [0.15, 0.2) is 231 Å². The van der Waals surface area contributed by atoms with Crippen molar-refractivity contribution in [3.8, 4) is 44.8 Å². The molecule has 0 aliphatic carbocycles. The predicted octanol–water partition coefficient (Wildman–Crippen LogP) is 14.6. The number of aromatic nitrogens is 3. The highest BCUT2D eigenvalue weighted by Gasteiger charge is 2.19. The van der Waals surface area contributed by atoms with Crippen LogP contribution in [0.2, 0.25) is 0 Å². The molecule has 59 heavy (non-hydrogen) atoms.